The van der Waals surface area contributed by atoms with E-state index in [-0.39, 0.29) is 63.8 Å². The summed E-state index contributed by atoms with van der Waals surface area (Å²) < 4.78 is 0. The molecule has 71 valence electrons. The monoisotopic (exact) mass is 489 g/mol. The van der Waals surface area contributed by atoms with Crippen molar-refractivity contribution in [3.05, 3.63) is 18.2 Å². The zero-order valence-electron chi connectivity index (χ0n) is 8.44. The first kappa shape index (κ1) is 17.1. The van der Waals surface area contributed by atoms with Crippen LogP contribution in [0.15, 0.2) is 6.33 Å². The van der Waals surface area contributed by atoms with Crippen LogP contribution in [0.1, 0.15) is 19.5 Å². The molecule has 0 fully saturated rings. The van der Waals surface area contributed by atoms with Crippen molar-refractivity contribution in [1.82, 2.24) is 20.2 Å². The second kappa shape index (κ2) is 8.97. The molecule has 2 aromatic rings. The van der Waals surface area contributed by atoms with Crippen molar-refractivity contribution in [2.75, 3.05) is 0 Å². The number of hydrogen-bond acceptors (Lipinski definition) is 3. The van der Waals surface area contributed by atoms with Gasteiger partial charge in [0.2, 0.25) is 0 Å². The third-order valence-corrected chi connectivity index (χ3v) is 1.32. The maximum atomic E-state index is 3.96. The van der Waals surface area contributed by atoms with Crippen molar-refractivity contribution in [3.63, 3.8) is 0 Å². The molecule has 2 rings (SSSR count). The summed E-state index contributed by atoms with van der Waals surface area (Å²) in [4.78, 5) is 7.84. The Labute approximate surface area is 132 Å². The maximum Gasteiger partial charge on any atom is 0 e. The van der Waals surface area contributed by atoms with Gasteiger partial charge in [-0.3, -0.25) is 0 Å². The first-order chi connectivity index (χ1) is 5.88. The first-order valence-corrected chi connectivity index (χ1v) is 3.86. The number of aromatic nitrogens is 4. The van der Waals surface area contributed by atoms with E-state index in [0.717, 1.165) is 11.1 Å². The average molecular weight is 489 g/mol. The van der Waals surface area contributed by atoms with Crippen LogP contribution in [-0.2, 0) is 32.7 Å². The van der Waals surface area contributed by atoms with Crippen LogP contribution < -0.4 is 5.10 Å². The summed E-state index contributed by atoms with van der Waals surface area (Å²) >= 11 is 0. The average Bonchev–Trinajstić information content (AvgIpc) is 2.57. The minimum atomic E-state index is 0. The van der Waals surface area contributed by atoms with Gasteiger partial charge in [-0.25, -0.2) is 0 Å². The standard InChI is InChI=1S/C6H4N4.C2H6.U.Y/c1-4-5-2-9-10-6(5)8-3-7-4;1-2;;/h3H,1H3;1-2H3;;/q-2;;;. The fourth-order valence-electron chi connectivity index (χ4n) is 0.790. The Morgan fingerprint density at radius 2 is 1.93 bits per heavy atom. The van der Waals surface area contributed by atoms with Gasteiger partial charge in [-0.15, -0.1) is 0 Å². The number of hydrogen-bond donors (Lipinski definition) is 0. The van der Waals surface area contributed by atoms with Gasteiger partial charge in [0.25, 0.3) is 0 Å². The molecule has 0 spiro atoms. The Balaban J connectivity index is 0. The van der Waals surface area contributed by atoms with Gasteiger partial charge in [-0.1, -0.05) is 32.7 Å². The molecule has 0 saturated carbocycles. The quantitative estimate of drug-likeness (QED) is 0.521. The first-order valence-electron chi connectivity index (χ1n) is 3.86. The van der Waals surface area contributed by atoms with Crippen LogP contribution in [0.25, 0.3) is 11.0 Å². The van der Waals surface area contributed by atoms with Crippen LogP contribution in [0.3, 0.4) is 0 Å². The van der Waals surface area contributed by atoms with E-state index >= 15 is 0 Å². The van der Waals surface area contributed by atoms with Crippen molar-refractivity contribution in [3.8, 4) is 0 Å². The van der Waals surface area contributed by atoms with Crippen molar-refractivity contribution in [2.45, 2.75) is 20.8 Å². The zero-order chi connectivity index (χ0) is 8.97. The van der Waals surface area contributed by atoms with E-state index in [0.29, 0.717) is 5.65 Å². The van der Waals surface area contributed by atoms with Crippen LogP contribution in [0.2, 0.25) is 0 Å². The molecule has 0 atom stereocenters. The molecular weight excluding hydrogens is 479 g/mol. The van der Waals surface area contributed by atoms with Gasteiger partial charge < -0.3 is 20.2 Å². The van der Waals surface area contributed by atoms with Crippen LogP contribution >= 0.6 is 0 Å². The van der Waals surface area contributed by atoms with Crippen molar-refractivity contribution in [2.24, 2.45) is 0 Å². The summed E-state index contributed by atoms with van der Waals surface area (Å²) in [7, 11) is 0. The summed E-state index contributed by atoms with van der Waals surface area (Å²) in [6.07, 6.45) is 4.17. The van der Waals surface area contributed by atoms with E-state index < -0.39 is 0 Å². The Kier molecular flexibility index (Phi) is 11.0. The van der Waals surface area contributed by atoms with Crippen LogP contribution in [0.4, 0.5) is 0 Å². The Morgan fingerprint density at radius 3 is 2.50 bits per heavy atom. The molecule has 0 aliphatic rings. The van der Waals surface area contributed by atoms with Crippen molar-refractivity contribution >= 4 is 11.0 Å². The molecule has 14 heavy (non-hydrogen) atoms. The molecule has 2 heterocycles. The Bertz CT molecular complexity index is 363. The second-order valence-corrected chi connectivity index (χ2v) is 1.97. The fraction of sp³-hybridized carbons (Fsp3) is 0.375. The molecule has 0 aliphatic carbocycles. The van der Waals surface area contributed by atoms with Gasteiger partial charge in [0.05, 0.1) is 0 Å². The summed E-state index contributed by atoms with van der Waals surface area (Å²) in [5.41, 5.74) is 1.49. The van der Waals surface area contributed by atoms with Gasteiger partial charge in [-0.2, -0.15) is 11.0 Å². The molecule has 2 aromatic heterocycles. The zero-order valence-corrected chi connectivity index (χ0v) is 15.4. The largest absolute Gasteiger partial charge is 0.490 e. The van der Waals surface area contributed by atoms with Crippen LogP contribution in [-0.4, -0.2) is 15.1 Å². The van der Waals surface area contributed by atoms with Gasteiger partial charge in [0.15, 0.2) is 0 Å². The third-order valence-electron chi connectivity index (χ3n) is 1.32. The van der Waals surface area contributed by atoms with Gasteiger partial charge >= 0.3 is 0 Å². The smallest absolute Gasteiger partial charge is 0 e. The summed E-state index contributed by atoms with van der Waals surface area (Å²) in [6.45, 7) is 5.88. The van der Waals surface area contributed by atoms with Crippen molar-refractivity contribution in [1.29, 1.82) is 0 Å². The van der Waals surface area contributed by atoms with Gasteiger partial charge in [0, 0.05) is 63.8 Å². The van der Waals surface area contributed by atoms with E-state index in [1.165, 1.54) is 6.33 Å². The molecule has 0 aliphatic heterocycles. The van der Waals surface area contributed by atoms with E-state index in [2.05, 4.69) is 26.4 Å². The second-order valence-electron chi connectivity index (χ2n) is 1.97. The summed E-state index contributed by atoms with van der Waals surface area (Å²) in [6, 6.07) is 0. The molecule has 6 heteroatoms. The minimum absolute atomic E-state index is 0. The van der Waals surface area contributed by atoms with E-state index in [1.54, 1.807) is 0 Å². The van der Waals surface area contributed by atoms with E-state index in [9.17, 15) is 0 Å². The number of nitrogens with zero attached hydrogens (tertiary/aromatic N) is 4. The fourth-order valence-corrected chi connectivity index (χ4v) is 0.790. The summed E-state index contributed by atoms with van der Waals surface area (Å²) in [5.74, 6) is 0. The number of rotatable bonds is 0. The van der Waals surface area contributed by atoms with Crippen molar-refractivity contribution < 1.29 is 63.8 Å². The predicted molar refractivity (Wildman–Crippen MR) is 45.6 cm³/mol. The molecule has 0 bridgehead atoms. The maximum absolute atomic E-state index is 3.96. The van der Waals surface area contributed by atoms with Crippen LogP contribution in [0, 0.1) is 44.2 Å². The molecule has 0 N–H and O–H groups in total. The molecule has 0 aromatic carbocycles. The molecule has 1 radical (unpaired) electrons. The third kappa shape index (κ3) is 4.06. The van der Waals surface area contributed by atoms with Gasteiger partial charge in [0.1, 0.15) is 0 Å². The molecule has 4 nitrogen and oxygen atoms in total. The van der Waals surface area contributed by atoms with Gasteiger partial charge in [-0.05, 0) is 6.33 Å². The molecule has 0 saturated heterocycles. The Hall–Kier alpha value is 0.706. The topological polar surface area (TPSA) is 52.8 Å². The number of aryl methyl sites for hydroxylation is 1. The van der Waals surface area contributed by atoms with E-state index in [4.69, 9.17) is 0 Å². The normalized spacial score (nSPS) is 7.93. The van der Waals surface area contributed by atoms with E-state index in [1.807, 2.05) is 20.8 Å². The SMILES string of the molecule is CC.Cc1ncnc2[n-]n[c-]c12.[U].[Y]. The minimum Gasteiger partial charge on any atom is -0.490 e. The molecular formula is C8H10N4UY-2. The molecule has 0 unspecified atom stereocenters. The number of fused-ring (bicyclic) bond motifs is 1. The Morgan fingerprint density at radius 1 is 1.29 bits per heavy atom. The molecule has 0 amide bonds. The predicted octanol–water partition coefficient (Wildman–Crippen LogP) is 1.11. The van der Waals surface area contributed by atoms with Crippen LogP contribution in [0.5, 0.6) is 0 Å². The summed E-state index contributed by atoms with van der Waals surface area (Å²) in [5, 5.41) is 8.12.